The molecule has 20 heavy (non-hydrogen) atoms. The van der Waals surface area contributed by atoms with E-state index in [1.807, 2.05) is 4.52 Å². The molecule has 2 aromatic rings. The zero-order valence-electron chi connectivity index (χ0n) is 11.8. The predicted molar refractivity (Wildman–Crippen MR) is 79.3 cm³/mol. The molecule has 5 heteroatoms. The van der Waals surface area contributed by atoms with Gasteiger partial charge in [0.25, 0.3) is 0 Å². The normalized spacial score (nSPS) is 23.6. The van der Waals surface area contributed by atoms with Gasteiger partial charge in [-0.15, -0.1) is 0 Å². The number of hydrogen-bond acceptors (Lipinski definition) is 4. The van der Waals surface area contributed by atoms with Gasteiger partial charge in [0.05, 0.1) is 11.9 Å². The second kappa shape index (κ2) is 5.05. The van der Waals surface area contributed by atoms with Crippen molar-refractivity contribution in [2.75, 3.05) is 31.1 Å². The molecule has 2 aliphatic rings. The lowest BCUT2D eigenvalue weighted by molar-refractivity contribution is 0.447. The van der Waals surface area contributed by atoms with Crippen LogP contribution < -0.4 is 10.2 Å². The molecule has 0 aliphatic carbocycles. The summed E-state index contributed by atoms with van der Waals surface area (Å²) < 4.78 is 1.96. The highest BCUT2D eigenvalue weighted by molar-refractivity contribution is 5.51. The number of anilines is 1. The van der Waals surface area contributed by atoms with Crippen molar-refractivity contribution in [1.82, 2.24) is 19.9 Å². The summed E-state index contributed by atoms with van der Waals surface area (Å²) in [5.74, 6) is 1.47. The van der Waals surface area contributed by atoms with Gasteiger partial charge in [-0.2, -0.15) is 5.10 Å². The number of nitrogens with zero attached hydrogens (tertiary/aromatic N) is 4. The Bertz CT molecular complexity index is 593. The predicted octanol–water partition coefficient (Wildman–Crippen LogP) is 1.80. The van der Waals surface area contributed by atoms with Crippen LogP contribution in [-0.4, -0.2) is 40.8 Å². The summed E-state index contributed by atoms with van der Waals surface area (Å²) >= 11 is 0. The van der Waals surface area contributed by atoms with Crippen LogP contribution in [-0.2, 0) is 0 Å². The molecule has 2 saturated heterocycles. The first-order valence-electron chi connectivity index (χ1n) is 7.72. The Morgan fingerprint density at radius 3 is 2.85 bits per heavy atom. The fourth-order valence-electron chi connectivity index (χ4n) is 3.30. The minimum absolute atomic E-state index is 0.471. The number of rotatable bonds is 2. The highest BCUT2D eigenvalue weighted by Crippen LogP contribution is 2.23. The molecular weight excluding hydrogens is 250 g/mol. The molecule has 0 spiro atoms. The first-order valence-corrected chi connectivity index (χ1v) is 7.72. The molecule has 0 bridgehead atoms. The standard InChI is InChI=1S/C15H21N5/c1-2-9-19(8-1)13-5-6-14-17-15(18-20(14)11-13)12-4-3-7-16-10-12/h5-6,11-12,16H,1-4,7-10H2/t12-/m1/s1. The molecule has 0 aromatic carbocycles. The van der Waals surface area contributed by atoms with Gasteiger partial charge in [0, 0.05) is 25.6 Å². The molecule has 0 unspecified atom stereocenters. The molecular formula is C15H21N5. The van der Waals surface area contributed by atoms with Gasteiger partial charge < -0.3 is 10.2 Å². The zero-order chi connectivity index (χ0) is 13.4. The first kappa shape index (κ1) is 12.1. The van der Waals surface area contributed by atoms with Crippen LogP contribution in [0.15, 0.2) is 18.3 Å². The number of nitrogens with one attached hydrogen (secondary N) is 1. The fourth-order valence-corrected chi connectivity index (χ4v) is 3.30. The van der Waals surface area contributed by atoms with Crippen molar-refractivity contribution in [2.45, 2.75) is 31.6 Å². The summed E-state index contributed by atoms with van der Waals surface area (Å²) in [5.41, 5.74) is 2.24. The minimum atomic E-state index is 0.471. The Morgan fingerprint density at radius 1 is 1.15 bits per heavy atom. The van der Waals surface area contributed by atoms with E-state index in [2.05, 4.69) is 28.5 Å². The van der Waals surface area contributed by atoms with Gasteiger partial charge in [0.2, 0.25) is 0 Å². The second-order valence-corrected chi connectivity index (χ2v) is 5.90. The maximum atomic E-state index is 4.71. The molecule has 4 rings (SSSR count). The maximum absolute atomic E-state index is 4.71. The van der Waals surface area contributed by atoms with E-state index in [1.165, 1.54) is 44.5 Å². The topological polar surface area (TPSA) is 45.5 Å². The average molecular weight is 271 g/mol. The monoisotopic (exact) mass is 271 g/mol. The van der Waals surface area contributed by atoms with E-state index in [-0.39, 0.29) is 0 Å². The number of hydrogen-bond donors (Lipinski definition) is 1. The molecule has 1 N–H and O–H groups in total. The Labute approximate surface area is 119 Å². The van der Waals surface area contributed by atoms with Crippen molar-refractivity contribution < 1.29 is 0 Å². The van der Waals surface area contributed by atoms with E-state index in [9.17, 15) is 0 Å². The Kier molecular flexibility index (Phi) is 3.07. The van der Waals surface area contributed by atoms with E-state index >= 15 is 0 Å². The van der Waals surface area contributed by atoms with E-state index in [0.29, 0.717) is 5.92 Å². The van der Waals surface area contributed by atoms with Gasteiger partial charge in [-0.25, -0.2) is 9.50 Å². The third kappa shape index (κ3) is 2.16. The van der Waals surface area contributed by atoms with Crippen LogP contribution in [0.3, 0.4) is 0 Å². The number of fused-ring (bicyclic) bond motifs is 1. The van der Waals surface area contributed by atoms with Crippen LogP contribution in [0, 0.1) is 0 Å². The Hall–Kier alpha value is -1.62. The summed E-state index contributed by atoms with van der Waals surface area (Å²) in [5, 5.41) is 8.14. The smallest absolute Gasteiger partial charge is 0.156 e. The highest BCUT2D eigenvalue weighted by atomic mass is 15.3. The number of piperidine rings is 1. The van der Waals surface area contributed by atoms with Crippen molar-refractivity contribution in [1.29, 1.82) is 0 Å². The number of aromatic nitrogens is 3. The van der Waals surface area contributed by atoms with Crippen molar-refractivity contribution in [2.24, 2.45) is 0 Å². The molecule has 4 heterocycles. The summed E-state index contributed by atoms with van der Waals surface area (Å²) in [6, 6.07) is 4.28. The lowest BCUT2D eigenvalue weighted by atomic mass is 9.99. The highest BCUT2D eigenvalue weighted by Gasteiger charge is 2.20. The van der Waals surface area contributed by atoms with Gasteiger partial charge in [-0.05, 0) is 44.4 Å². The molecule has 5 nitrogen and oxygen atoms in total. The van der Waals surface area contributed by atoms with Crippen molar-refractivity contribution in [3.8, 4) is 0 Å². The van der Waals surface area contributed by atoms with Crippen LogP contribution in [0.4, 0.5) is 5.69 Å². The van der Waals surface area contributed by atoms with Crippen LogP contribution in [0.25, 0.3) is 5.65 Å². The fraction of sp³-hybridized carbons (Fsp3) is 0.600. The van der Waals surface area contributed by atoms with E-state index in [1.54, 1.807) is 0 Å². The summed E-state index contributed by atoms with van der Waals surface area (Å²) in [6.07, 6.45) is 7.15. The SMILES string of the molecule is c1cc2nc([C@@H]3CCCNC3)nn2cc1N1CCCC1. The summed E-state index contributed by atoms with van der Waals surface area (Å²) in [7, 11) is 0. The van der Waals surface area contributed by atoms with E-state index in [0.717, 1.165) is 24.6 Å². The van der Waals surface area contributed by atoms with Gasteiger partial charge in [-0.1, -0.05) is 0 Å². The third-order valence-corrected chi connectivity index (χ3v) is 4.46. The van der Waals surface area contributed by atoms with Crippen LogP contribution >= 0.6 is 0 Å². The van der Waals surface area contributed by atoms with Crippen molar-refractivity contribution >= 4 is 11.3 Å². The van der Waals surface area contributed by atoms with Crippen LogP contribution in [0.5, 0.6) is 0 Å². The lowest BCUT2D eigenvalue weighted by Gasteiger charge is -2.19. The zero-order valence-corrected chi connectivity index (χ0v) is 11.8. The van der Waals surface area contributed by atoms with E-state index < -0.39 is 0 Å². The van der Waals surface area contributed by atoms with Crippen molar-refractivity contribution in [3.05, 3.63) is 24.2 Å². The number of pyridine rings is 1. The Morgan fingerprint density at radius 2 is 2.05 bits per heavy atom. The molecule has 0 radical (unpaired) electrons. The summed E-state index contributed by atoms with van der Waals surface area (Å²) in [4.78, 5) is 7.13. The van der Waals surface area contributed by atoms with Gasteiger partial charge in [-0.3, -0.25) is 0 Å². The molecule has 2 aliphatic heterocycles. The first-order chi connectivity index (χ1) is 9.90. The van der Waals surface area contributed by atoms with Gasteiger partial charge in [0.1, 0.15) is 0 Å². The molecule has 0 amide bonds. The van der Waals surface area contributed by atoms with Gasteiger partial charge in [0.15, 0.2) is 11.5 Å². The minimum Gasteiger partial charge on any atom is -0.370 e. The van der Waals surface area contributed by atoms with E-state index in [4.69, 9.17) is 10.1 Å². The second-order valence-electron chi connectivity index (χ2n) is 5.90. The van der Waals surface area contributed by atoms with Crippen LogP contribution in [0.2, 0.25) is 0 Å². The van der Waals surface area contributed by atoms with Gasteiger partial charge >= 0.3 is 0 Å². The maximum Gasteiger partial charge on any atom is 0.156 e. The molecule has 0 saturated carbocycles. The molecule has 106 valence electrons. The third-order valence-electron chi connectivity index (χ3n) is 4.46. The molecule has 2 fully saturated rings. The van der Waals surface area contributed by atoms with Crippen LogP contribution in [0.1, 0.15) is 37.4 Å². The van der Waals surface area contributed by atoms with Crippen molar-refractivity contribution in [3.63, 3.8) is 0 Å². The molecule has 1 atom stereocenters. The average Bonchev–Trinajstić information content (AvgIpc) is 3.16. The molecule has 2 aromatic heterocycles. The lowest BCUT2D eigenvalue weighted by Crippen LogP contribution is -2.28. The quantitative estimate of drug-likeness (QED) is 0.904. The largest absolute Gasteiger partial charge is 0.370 e. The Balaban J connectivity index is 1.64. The summed E-state index contributed by atoms with van der Waals surface area (Å²) in [6.45, 7) is 4.47.